The minimum absolute atomic E-state index is 0.174. The molecule has 0 aliphatic rings. The molecular weight excluding hydrogens is 308 g/mol. The summed E-state index contributed by atoms with van der Waals surface area (Å²) in [6, 6.07) is 7.67. The van der Waals surface area contributed by atoms with E-state index in [0.717, 1.165) is 22.2 Å². The van der Waals surface area contributed by atoms with Gasteiger partial charge in [0.2, 0.25) is 0 Å². The summed E-state index contributed by atoms with van der Waals surface area (Å²) in [5.41, 5.74) is 2.15. The van der Waals surface area contributed by atoms with Gasteiger partial charge in [0.15, 0.2) is 0 Å². The van der Waals surface area contributed by atoms with Crippen molar-refractivity contribution in [3.8, 4) is 11.4 Å². The third-order valence-corrected chi connectivity index (χ3v) is 3.82. The van der Waals surface area contributed by atoms with Crippen LogP contribution in [0.2, 0.25) is 0 Å². The second-order valence-corrected chi connectivity index (χ2v) is 4.97. The number of furan rings is 1. The van der Waals surface area contributed by atoms with Gasteiger partial charge in [0.1, 0.15) is 22.1 Å². The Morgan fingerprint density at radius 3 is 2.95 bits per heavy atom. The van der Waals surface area contributed by atoms with Crippen molar-refractivity contribution in [3.05, 3.63) is 51.0 Å². The molecular formula is C14H11BrN2O2. The van der Waals surface area contributed by atoms with Gasteiger partial charge < -0.3 is 9.40 Å². The molecule has 19 heavy (non-hydrogen) atoms. The van der Waals surface area contributed by atoms with Crippen LogP contribution in [-0.2, 0) is 6.42 Å². The number of benzene rings is 1. The van der Waals surface area contributed by atoms with Gasteiger partial charge >= 0.3 is 0 Å². The predicted octanol–water partition coefficient (Wildman–Crippen LogP) is 3.51. The minimum atomic E-state index is -0.174. The molecule has 0 saturated heterocycles. The lowest BCUT2D eigenvalue weighted by Crippen LogP contribution is -2.13. The standard InChI is InChI=1S/C14H11BrN2O2/c1-2-10-12(15)14(18)17-13(16-10)9-7-19-11-6-4-3-5-8(9)11/h3-7H,2H2,1H3,(H,16,17,18). The summed E-state index contributed by atoms with van der Waals surface area (Å²) < 4.78 is 5.97. The zero-order valence-corrected chi connectivity index (χ0v) is 11.8. The lowest BCUT2D eigenvalue weighted by Gasteiger charge is -2.03. The topological polar surface area (TPSA) is 58.9 Å². The zero-order chi connectivity index (χ0) is 13.4. The quantitative estimate of drug-likeness (QED) is 0.786. The fourth-order valence-corrected chi connectivity index (χ4v) is 2.50. The highest BCUT2D eigenvalue weighted by Crippen LogP contribution is 2.28. The molecule has 0 saturated carbocycles. The van der Waals surface area contributed by atoms with Gasteiger partial charge in [-0.05, 0) is 28.4 Å². The highest BCUT2D eigenvalue weighted by Gasteiger charge is 2.13. The Morgan fingerprint density at radius 1 is 1.37 bits per heavy atom. The van der Waals surface area contributed by atoms with Gasteiger partial charge in [-0.25, -0.2) is 4.98 Å². The SMILES string of the molecule is CCc1nc(-c2coc3ccccc23)[nH]c(=O)c1Br. The summed E-state index contributed by atoms with van der Waals surface area (Å²) >= 11 is 3.26. The number of aryl methyl sites for hydroxylation is 1. The van der Waals surface area contributed by atoms with Gasteiger partial charge in [0, 0.05) is 5.39 Å². The summed E-state index contributed by atoms with van der Waals surface area (Å²) in [6.07, 6.45) is 2.31. The number of para-hydroxylation sites is 1. The van der Waals surface area contributed by atoms with E-state index in [9.17, 15) is 4.79 Å². The van der Waals surface area contributed by atoms with Crippen LogP contribution in [0.25, 0.3) is 22.4 Å². The Morgan fingerprint density at radius 2 is 2.16 bits per heavy atom. The van der Waals surface area contributed by atoms with Crippen molar-refractivity contribution in [2.75, 3.05) is 0 Å². The molecule has 1 N–H and O–H groups in total. The van der Waals surface area contributed by atoms with E-state index in [0.29, 0.717) is 16.7 Å². The number of hydrogen-bond donors (Lipinski definition) is 1. The molecule has 0 aliphatic carbocycles. The van der Waals surface area contributed by atoms with Gasteiger partial charge in [0.05, 0.1) is 11.3 Å². The van der Waals surface area contributed by atoms with Crippen LogP contribution in [0.3, 0.4) is 0 Å². The minimum Gasteiger partial charge on any atom is -0.464 e. The number of hydrogen-bond acceptors (Lipinski definition) is 3. The molecule has 4 nitrogen and oxygen atoms in total. The van der Waals surface area contributed by atoms with E-state index in [-0.39, 0.29) is 5.56 Å². The monoisotopic (exact) mass is 318 g/mol. The Kier molecular flexibility index (Phi) is 2.98. The lowest BCUT2D eigenvalue weighted by molar-refractivity contribution is 0.616. The molecule has 96 valence electrons. The first kappa shape index (κ1) is 12.2. The summed E-state index contributed by atoms with van der Waals surface area (Å²) in [6.45, 7) is 1.96. The average molecular weight is 319 g/mol. The van der Waals surface area contributed by atoms with Crippen molar-refractivity contribution >= 4 is 26.9 Å². The van der Waals surface area contributed by atoms with Crippen LogP contribution in [0.1, 0.15) is 12.6 Å². The molecule has 0 aliphatic heterocycles. The first-order chi connectivity index (χ1) is 9.20. The molecule has 3 aromatic rings. The van der Waals surface area contributed by atoms with E-state index in [1.165, 1.54) is 0 Å². The molecule has 0 bridgehead atoms. The molecule has 0 radical (unpaired) electrons. The van der Waals surface area contributed by atoms with Crippen LogP contribution in [0, 0.1) is 0 Å². The second-order valence-electron chi connectivity index (χ2n) is 4.17. The van der Waals surface area contributed by atoms with Gasteiger partial charge in [-0.2, -0.15) is 0 Å². The van der Waals surface area contributed by atoms with E-state index in [2.05, 4.69) is 25.9 Å². The Bertz CT molecular complexity index is 805. The van der Waals surface area contributed by atoms with Crippen LogP contribution in [-0.4, -0.2) is 9.97 Å². The van der Waals surface area contributed by atoms with Gasteiger partial charge in [-0.1, -0.05) is 25.1 Å². The number of nitrogens with one attached hydrogen (secondary N) is 1. The number of rotatable bonds is 2. The first-order valence-corrected chi connectivity index (χ1v) is 6.75. The number of aromatic amines is 1. The highest BCUT2D eigenvalue weighted by atomic mass is 79.9. The molecule has 0 spiro atoms. The van der Waals surface area contributed by atoms with Crippen molar-refractivity contribution in [1.82, 2.24) is 9.97 Å². The number of halogens is 1. The smallest absolute Gasteiger partial charge is 0.265 e. The summed E-state index contributed by atoms with van der Waals surface area (Å²) in [4.78, 5) is 19.1. The summed E-state index contributed by atoms with van der Waals surface area (Å²) in [5, 5.41) is 0.940. The maximum atomic E-state index is 11.9. The van der Waals surface area contributed by atoms with Crippen LogP contribution < -0.4 is 5.56 Å². The average Bonchev–Trinajstić information content (AvgIpc) is 2.85. The number of H-pyrrole nitrogens is 1. The molecule has 3 rings (SSSR count). The van der Waals surface area contributed by atoms with Gasteiger partial charge in [0.25, 0.3) is 5.56 Å². The number of nitrogens with zero attached hydrogens (tertiary/aromatic N) is 1. The van der Waals surface area contributed by atoms with Crippen LogP contribution >= 0.6 is 15.9 Å². The van der Waals surface area contributed by atoms with Crippen LogP contribution in [0.5, 0.6) is 0 Å². The number of fused-ring (bicyclic) bond motifs is 1. The molecule has 0 amide bonds. The predicted molar refractivity (Wildman–Crippen MR) is 77.1 cm³/mol. The molecule has 2 aromatic heterocycles. The summed E-state index contributed by atoms with van der Waals surface area (Å²) in [5.74, 6) is 0.537. The lowest BCUT2D eigenvalue weighted by atomic mass is 10.1. The largest absolute Gasteiger partial charge is 0.464 e. The van der Waals surface area contributed by atoms with Crippen molar-refractivity contribution in [2.24, 2.45) is 0 Å². The molecule has 5 heteroatoms. The van der Waals surface area contributed by atoms with Crippen molar-refractivity contribution < 1.29 is 4.42 Å². The Hall–Kier alpha value is -1.88. The number of aromatic nitrogens is 2. The Labute approximate surface area is 117 Å². The van der Waals surface area contributed by atoms with E-state index >= 15 is 0 Å². The van der Waals surface area contributed by atoms with Crippen molar-refractivity contribution in [1.29, 1.82) is 0 Å². The zero-order valence-electron chi connectivity index (χ0n) is 10.2. The van der Waals surface area contributed by atoms with Gasteiger partial charge in [-0.15, -0.1) is 0 Å². The Balaban J connectivity index is 2.27. The molecule has 0 atom stereocenters. The molecule has 0 fully saturated rings. The van der Waals surface area contributed by atoms with E-state index < -0.39 is 0 Å². The third kappa shape index (κ3) is 2.00. The molecule has 0 unspecified atom stereocenters. The van der Waals surface area contributed by atoms with Gasteiger partial charge in [-0.3, -0.25) is 4.79 Å². The van der Waals surface area contributed by atoms with E-state index in [1.54, 1.807) is 6.26 Å². The highest BCUT2D eigenvalue weighted by molar-refractivity contribution is 9.10. The van der Waals surface area contributed by atoms with E-state index in [1.807, 2.05) is 31.2 Å². The fraction of sp³-hybridized carbons (Fsp3) is 0.143. The van der Waals surface area contributed by atoms with E-state index in [4.69, 9.17) is 4.42 Å². The first-order valence-electron chi connectivity index (χ1n) is 5.96. The van der Waals surface area contributed by atoms with Crippen molar-refractivity contribution in [2.45, 2.75) is 13.3 Å². The third-order valence-electron chi connectivity index (χ3n) is 3.00. The van der Waals surface area contributed by atoms with Crippen LogP contribution in [0.4, 0.5) is 0 Å². The second kappa shape index (κ2) is 4.66. The maximum absolute atomic E-state index is 11.9. The summed E-state index contributed by atoms with van der Waals surface area (Å²) in [7, 11) is 0. The normalized spacial score (nSPS) is 11.1. The maximum Gasteiger partial charge on any atom is 0.265 e. The molecule has 2 heterocycles. The molecule has 1 aromatic carbocycles. The fourth-order valence-electron chi connectivity index (χ4n) is 2.03. The van der Waals surface area contributed by atoms with Crippen molar-refractivity contribution in [3.63, 3.8) is 0 Å². The van der Waals surface area contributed by atoms with Crippen LogP contribution in [0.15, 0.2) is 44.2 Å².